The number of rotatable bonds is 4. The highest BCUT2D eigenvalue weighted by molar-refractivity contribution is 5.98. The van der Waals surface area contributed by atoms with Crippen molar-refractivity contribution >= 4 is 17.3 Å². The molecule has 1 aromatic rings. The van der Waals surface area contributed by atoms with Gasteiger partial charge in [-0.05, 0) is 30.4 Å². The molecule has 0 spiro atoms. The highest BCUT2D eigenvalue weighted by atomic mass is 16.5. The molecule has 3 N–H and O–H groups in total. The van der Waals surface area contributed by atoms with Crippen LogP contribution >= 0.6 is 0 Å². The van der Waals surface area contributed by atoms with Crippen molar-refractivity contribution in [1.82, 2.24) is 0 Å². The van der Waals surface area contributed by atoms with Crippen LogP contribution in [-0.2, 0) is 9.47 Å². The van der Waals surface area contributed by atoms with Gasteiger partial charge in [-0.2, -0.15) is 0 Å². The summed E-state index contributed by atoms with van der Waals surface area (Å²) in [5.41, 5.74) is 7.83. The Bertz CT molecular complexity index is 482. The third-order valence-corrected chi connectivity index (χ3v) is 3.89. The summed E-state index contributed by atoms with van der Waals surface area (Å²) in [5.74, 6) is -0.378. The van der Waals surface area contributed by atoms with Gasteiger partial charge in [0.15, 0.2) is 0 Å². The van der Waals surface area contributed by atoms with E-state index in [4.69, 9.17) is 15.2 Å². The van der Waals surface area contributed by atoms with Gasteiger partial charge in [0.1, 0.15) is 0 Å². The Hall–Kier alpha value is -1.75. The van der Waals surface area contributed by atoms with Crippen LogP contribution in [0.3, 0.4) is 0 Å². The number of para-hydroxylation sites is 1. The average molecular weight is 278 g/mol. The first kappa shape index (κ1) is 14.7. The summed E-state index contributed by atoms with van der Waals surface area (Å²) in [6, 6.07) is 5.25. The molecule has 110 valence electrons. The molecule has 0 saturated carbocycles. The zero-order chi connectivity index (χ0) is 14.6. The molecule has 20 heavy (non-hydrogen) atoms. The lowest BCUT2D eigenvalue weighted by Crippen LogP contribution is -2.33. The molecule has 0 atom stereocenters. The molecule has 1 aromatic carbocycles. The first-order valence-corrected chi connectivity index (χ1v) is 6.84. The minimum Gasteiger partial charge on any atom is -0.465 e. The zero-order valence-corrected chi connectivity index (χ0v) is 12.1. The van der Waals surface area contributed by atoms with Gasteiger partial charge in [0.2, 0.25) is 0 Å². The number of nitrogen functional groups attached to an aromatic ring is 1. The zero-order valence-electron chi connectivity index (χ0n) is 12.1. The van der Waals surface area contributed by atoms with Crippen LogP contribution in [0.25, 0.3) is 0 Å². The van der Waals surface area contributed by atoms with Gasteiger partial charge in [-0.3, -0.25) is 0 Å². The topological polar surface area (TPSA) is 73.6 Å². The molecule has 0 aromatic heterocycles. The van der Waals surface area contributed by atoms with E-state index in [2.05, 4.69) is 12.2 Å². The highest BCUT2D eigenvalue weighted by Crippen LogP contribution is 2.32. The number of nitrogens with one attached hydrogen (secondary N) is 1. The van der Waals surface area contributed by atoms with Crippen LogP contribution in [0.4, 0.5) is 11.4 Å². The van der Waals surface area contributed by atoms with Crippen molar-refractivity contribution in [2.24, 2.45) is 5.41 Å². The number of carbonyl (C=O) groups is 1. The SMILES string of the molecule is COC(=O)c1cccc(N)c1NCC1(C)CCOCC1. The molecule has 5 heteroatoms. The van der Waals surface area contributed by atoms with E-state index in [1.165, 1.54) is 7.11 Å². The second-order valence-corrected chi connectivity index (χ2v) is 5.54. The lowest BCUT2D eigenvalue weighted by Gasteiger charge is -2.34. The molecule has 1 saturated heterocycles. The highest BCUT2D eigenvalue weighted by Gasteiger charge is 2.28. The van der Waals surface area contributed by atoms with Gasteiger partial charge in [-0.15, -0.1) is 0 Å². The van der Waals surface area contributed by atoms with E-state index in [1.807, 2.05) is 0 Å². The molecule has 0 bridgehead atoms. The Labute approximate surface area is 119 Å². The van der Waals surface area contributed by atoms with E-state index in [0.717, 1.165) is 32.6 Å². The van der Waals surface area contributed by atoms with Gasteiger partial charge >= 0.3 is 5.97 Å². The van der Waals surface area contributed by atoms with E-state index in [0.29, 0.717) is 16.9 Å². The molecule has 1 aliphatic heterocycles. The van der Waals surface area contributed by atoms with E-state index < -0.39 is 0 Å². The van der Waals surface area contributed by atoms with Crippen LogP contribution in [0.5, 0.6) is 0 Å². The molecule has 0 radical (unpaired) electrons. The number of esters is 1. The molecule has 5 nitrogen and oxygen atoms in total. The van der Waals surface area contributed by atoms with Crippen molar-refractivity contribution in [3.05, 3.63) is 23.8 Å². The van der Waals surface area contributed by atoms with Gasteiger partial charge < -0.3 is 20.5 Å². The van der Waals surface area contributed by atoms with E-state index in [-0.39, 0.29) is 11.4 Å². The fraction of sp³-hybridized carbons (Fsp3) is 0.533. The summed E-state index contributed by atoms with van der Waals surface area (Å²) in [6.07, 6.45) is 2.00. The Balaban J connectivity index is 2.14. The van der Waals surface area contributed by atoms with Crippen LogP contribution < -0.4 is 11.1 Å². The largest absolute Gasteiger partial charge is 0.465 e. The quantitative estimate of drug-likeness (QED) is 0.653. The summed E-state index contributed by atoms with van der Waals surface area (Å²) in [5, 5.41) is 3.33. The number of hydrogen-bond donors (Lipinski definition) is 2. The summed E-state index contributed by atoms with van der Waals surface area (Å²) in [6.45, 7) is 4.55. The predicted octanol–water partition coefficient (Wildman–Crippen LogP) is 2.28. The van der Waals surface area contributed by atoms with E-state index >= 15 is 0 Å². The molecular formula is C15H22N2O3. The number of nitrogens with two attached hydrogens (primary N) is 1. The minimum atomic E-state index is -0.378. The predicted molar refractivity (Wildman–Crippen MR) is 78.8 cm³/mol. The molecule has 0 aliphatic carbocycles. The van der Waals surface area contributed by atoms with Crippen molar-refractivity contribution in [1.29, 1.82) is 0 Å². The van der Waals surface area contributed by atoms with Crippen molar-refractivity contribution in [2.45, 2.75) is 19.8 Å². The van der Waals surface area contributed by atoms with Gasteiger partial charge in [-0.25, -0.2) is 4.79 Å². The maximum atomic E-state index is 11.8. The molecular weight excluding hydrogens is 256 g/mol. The van der Waals surface area contributed by atoms with Crippen molar-refractivity contribution in [3.8, 4) is 0 Å². The van der Waals surface area contributed by atoms with Gasteiger partial charge in [0.05, 0.1) is 24.0 Å². The molecule has 2 rings (SSSR count). The van der Waals surface area contributed by atoms with E-state index in [1.54, 1.807) is 18.2 Å². The Kier molecular flexibility index (Phi) is 4.49. The molecule has 1 aliphatic rings. The van der Waals surface area contributed by atoms with Gasteiger partial charge in [0, 0.05) is 19.8 Å². The number of anilines is 2. The Morgan fingerprint density at radius 3 is 2.80 bits per heavy atom. The minimum absolute atomic E-state index is 0.161. The normalized spacial score (nSPS) is 17.5. The summed E-state index contributed by atoms with van der Waals surface area (Å²) in [7, 11) is 1.37. The van der Waals surface area contributed by atoms with Crippen molar-refractivity contribution in [3.63, 3.8) is 0 Å². The average Bonchev–Trinajstić information content (AvgIpc) is 2.45. The Morgan fingerprint density at radius 1 is 1.45 bits per heavy atom. The van der Waals surface area contributed by atoms with E-state index in [9.17, 15) is 4.79 Å². The van der Waals surface area contributed by atoms with Crippen molar-refractivity contribution in [2.75, 3.05) is 37.9 Å². The molecule has 1 fully saturated rings. The number of methoxy groups -OCH3 is 1. The number of benzene rings is 1. The number of hydrogen-bond acceptors (Lipinski definition) is 5. The van der Waals surface area contributed by atoms with Gasteiger partial charge in [0.25, 0.3) is 0 Å². The van der Waals surface area contributed by atoms with Crippen molar-refractivity contribution < 1.29 is 14.3 Å². The fourth-order valence-electron chi connectivity index (χ4n) is 2.39. The molecule has 0 unspecified atom stereocenters. The second kappa shape index (κ2) is 6.13. The summed E-state index contributed by atoms with van der Waals surface area (Å²) < 4.78 is 10.2. The smallest absolute Gasteiger partial charge is 0.340 e. The fourth-order valence-corrected chi connectivity index (χ4v) is 2.39. The van der Waals surface area contributed by atoms with Crippen LogP contribution in [-0.4, -0.2) is 32.8 Å². The lowest BCUT2D eigenvalue weighted by atomic mass is 9.82. The maximum Gasteiger partial charge on any atom is 0.340 e. The number of carbonyl (C=O) groups excluding carboxylic acids is 1. The molecule has 1 heterocycles. The first-order valence-electron chi connectivity index (χ1n) is 6.84. The maximum absolute atomic E-state index is 11.8. The third-order valence-electron chi connectivity index (χ3n) is 3.89. The molecule has 0 amide bonds. The third kappa shape index (κ3) is 3.22. The summed E-state index contributed by atoms with van der Waals surface area (Å²) >= 11 is 0. The van der Waals surface area contributed by atoms with Crippen LogP contribution in [0.1, 0.15) is 30.1 Å². The second-order valence-electron chi connectivity index (χ2n) is 5.54. The summed E-state index contributed by atoms with van der Waals surface area (Å²) in [4.78, 5) is 11.8. The van der Waals surface area contributed by atoms with Crippen LogP contribution in [0.15, 0.2) is 18.2 Å². The standard InChI is InChI=1S/C15H22N2O3/c1-15(6-8-20-9-7-15)10-17-13-11(14(18)19-2)4-3-5-12(13)16/h3-5,17H,6-10,16H2,1-2H3. The Morgan fingerprint density at radius 2 is 2.15 bits per heavy atom. The lowest BCUT2D eigenvalue weighted by molar-refractivity contribution is 0.0299. The van der Waals surface area contributed by atoms with Crippen LogP contribution in [0, 0.1) is 5.41 Å². The number of ether oxygens (including phenoxy) is 2. The first-order chi connectivity index (χ1) is 9.56. The monoisotopic (exact) mass is 278 g/mol. The van der Waals surface area contributed by atoms with Gasteiger partial charge in [-0.1, -0.05) is 13.0 Å². The van der Waals surface area contributed by atoms with Crippen LogP contribution in [0.2, 0.25) is 0 Å².